The number of para-hydroxylation sites is 2. The number of fused-ring (bicyclic) bond motifs is 8. The Morgan fingerprint density at radius 3 is 1.58 bits per heavy atom. The summed E-state index contributed by atoms with van der Waals surface area (Å²) in [5, 5.41) is 12.3. The van der Waals surface area contributed by atoms with Crippen LogP contribution in [0.5, 0.6) is 0 Å². The Morgan fingerprint density at radius 2 is 0.806 bits per heavy atom. The quantitative estimate of drug-likeness (QED) is 0.147. The molecular formula is C70H46N2. The first-order valence-corrected chi connectivity index (χ1v) is 24.8. The number of anilines is 3. The molecular weight excluding hydrogens is 869 g/mol. The van der Waals surface area contributed by atoms with E-state index in [9.17, 15) is 0 Å². The van der Waals surface area contributed by atoms with E-state index in [0.29, 0.717) is 0 Å². The summed E-state index contributed by atoms with van der Waals surface area (Å²) in [5.74, 6) is 0. The third kappa shape index (κ3) is 6.95. The molecule has 0 spiro atoms. The first kappa shape index (κ1) is 41.5. The van der Waals surface area contributed by atoms with E-state index in [-0.39, 0.29) is 0 Å². The van der Waals surface area contributed by atoms with Gasteiger partial charge in [-0.1, -0.05) is 224 Å². The molecule has 0 aliphatic carbocycles. The zero-order valence-electron chi connectivity index (χ0n) is 39.5. The van der Waals surface area contributed by atoms with E-state index in [1.54, 1.807) is 0 Å². The number of aromatic nitrogens is 1. The van der Waals surface area contributed by atoms with Gasteiger partial charge in [0, 0.05) is 33.0 Å². The van der Waals surface area contributed by atoms with Crippen LogP contribution in [0.2, 0.25) is 0 Å². The number of nitrogens with zero attached hydrogens (tertiary/aromatic N) is 2. The summed E-state index contributed by atoms with van der Waals surface area (Å²) in [6, 6.07) is 103. The monoisotopic (exact) mass is 914 g/mol. The Hall–Kier alpha value is -9.50. The number of hydrogen-bond acceptors (Lipinski definition) is 1. The molecule has 336 valence electrons. The summed E-state index contributed by atoms with van der Waals surface area (Å²) in [5.41, 5.74) is 16.1. The van der Waals surface area contributed by atoms with Gasteiger partial charge in [-0.25, -0.2) is 0 Å². The Kier molecular flexibility index (Phi) is 9.89. The third-order valence-corrected chi connectivity index (χ3v) is 14.7. The Bertz CT molecular complexity index is 4410. The third-order valence-electron chi connectivity index (χ3n) is 14.7. The molecule has 1 heterocycles. The number of rotatable bonds is 8. The van der Waals surface area contributed by atoms with Crippen LogP contribution in [0.15, 0.2) is 279 Å². The van der Waals surface area contributed by atoms with Crippen molar-refractivity contribution in [1.29, 1.82) is 0 Å². The van der Waals surface area contributed by atoms with E-state index in [1.807, 2.05) is 0 Å². The standard InChI is InChI=1S/C70H46N2/c1-2-19-49(20-3-1)60-39-37-54(46-69(60)72-66-32-15-13-30-64(66)70-61-27-9-8-21-50(61)38-41-68(70)72)53-24-16-25-57(45-53)71(65-31-14-12-26-59(65)56-36-34-48-18-5-7-23-52(48)44-56)67-42-40-58(62-28-10-11-29-63(62)67)55-35-33-47-17-4-6-22-51(47)43-55/h1-46H. The van der Waals surface area contributed by atoms with Gasteiger partial charge >= 0.3 is 0 Å². The van der Waals surface area contributed by atoms with Crippen molar-refractivity contribution in [3.05, 3.63) is 279 Å². The van der Waals surface area contributed by atoms with Crippen LogP contribution in [0.25, 0.3) is 115 Å². The van der Waals surface area contributed by atoms with Gasteiger partial charge in [-0.3, -0.25) is 0 Å². The second-order valence-electron chi connectivity index (χ2n) is 18.8. The van der Waals surface area contributed by atoms with Gasteiger partial charge < -0.3 is 9.47 Å². The second-order valence-corrected chi connectivity index (χ2v) is 18.8. The SMILES string of the molecule is c1ccc(-c2ccc(-c3cccc(N(c4ccccc4-c4ccc5ccccc5c4)c4ccc(-c5ccc6ccccc6c5)c5ccccc45)c3)cc2-n2c3ccccc3c3c4ccccc4ccc32)cc1. The van der Waals surface area contributed by atoms with Crippen LogP contribution in [0.3, 0.4) is 0 Å². The first-order valence-electron chi connectivity index (χ1n) is 24.8. The molecule has 2 nitrogen and oxygen atoms in total. The zero-order valence-corrected chi connectivity index (χ0v) is 39.5. The van der Waals surface area contributed by atoms with E-state index >= 15 is 0 Å². The maximum Gasteiger partial charge on any atom is 0.0547 e. The molecule has 0 aliphatic rings. The fourth-order valence-corrected chi connectivity index (χ4v) is 11.3. The lowest BCUT2D eigenvalue weighted by Crippen LogP contribution is -2.12. The summed E-state index contributed by atoms with van der Waals surface area (Å²) in [6.45, 7) is 0. The highest BCUT2D eigenvalue weighted by Crippen LogP contribution is 2.47. The molecule has 0 aliphatic heterocycles. The van der Waals surface area contributed by atoms with Crippen LogP contribution in [0.1, 0.15) is 0 Å². The molecule has 72 heavy (non-hydrogen) atoms. The highest BCUT2D eigenvalue weighted by Gasteiger charge is 2.23. The smallest absolute Gasteiger partial charge is 0.0547 e. The fourth-order valence-electron chi connectivity index (χ4n) is 11.3. The minimum atomic E-state index is 1.07. The Labute approximate surface area is 418 Å². The predicted molar refractivity (Wildman–Crippen MR) is 307 cm³/mol. The van der Waals surface area contributed by atoms with Crippen molar-refractivity contribution in [1.82, 2.24) is 4.57 Å². The summed E-state index contributed by atoms with van der Waals surface area (Å²) in [4.78, 5) is 2.48. The van der Waals surface area contributed by atoms with Crippen molar-refractivity contribution in [3.63, 3.8) is 0 Å². The van der Waals surface area contributed by atoms with Crippen LogP contribution in [0, 0.1) is 0 Å². The molecule has 1 aromatic heterocycles. The second kappa shape index (κ2) is 17.2. The molecule has 0 saturated heterocycles. The summed E-state index contributed by atoms with van der Waals surface area (Å²) in [7, 11) is 0. The Morgan fingerprint density at radius 1 is 0.250 bits per heavy atom. The number of benzene rings is 13. The summed E-state index contributed by atoms with van der Waals surface area (Å²) < 4.78 is 2.49. The Balaban J connectivity index is 0.989. The number of hydrogen-bond donors (Lipinski definition) is 0. The van der Waals surface area contributed by atoms with Gasteiger partial charge in [0.1, 0.15) is 0 Å². The van der Waals surface area contributed by atoms with Gasteiger partial charge in [-0.05, 0) is 126 Å². The molecule has 14 aromatic rings. The topological polar surface area (TPSA) is 8.17 Å². The molecule has 0 amide bonds. The largest absolute Gasteiger partial charge is 0.309 e. The van der Waals surface area contributed by atoms with Gasteiger partial charge in [0.15, 0.2) is 0 Å². The molecule has 14 rings (SSSR count). The highest BCUT2D eigenvalue weighted by atomic mass is 15.1. The summed E-state index contributed by atoms with van der Waals surface area (Å²) in [6.07, 6.45) is 0. The average molecular weight is 915 g/mol. The van der Waals surface area contributed by atoms with Crippen LogP contribution in [-0.2, 0) is 0 Å². The minimum Gasteiger partial charge on any atom is -0.309 e. The molecule has 2 heteroatoms. The van der Waals surface area contributed by atoms with Crippen LogP contribution >= 0.6 is 0 Å². The van der Waals surface area contributed by atoms with Crippen molar-refractivity contribution >= 4 is 82.0 Å². The maximum atomic E-state index is 2.49. The molecule has 0 bridgehead atoms. The van der Waals surface area contributed by atoms with Crippen molar-refractivity contribution in [2.24, 2.45) is 0 Å². The van der Waals surface area contributed by atoms with Crippen molar-refractivity contribution in [3.8, 4) is 50.2 Å². The maximum absolute atomic E-state index is 2.49. The predicted octanol–water partition coefficient (Wildman–Crippen LogP) is 19.5. The van der Waals surface area contributed by atoms with Crippen molar-refractivity contribution in [2.45, 2.75) is 0 Å². The summed E-state index contributed by atoms with van der Waals surface area (Å²) >= 11 is 0. The lowest BCUT2D eigenvalue weighted by Gasteiger charge is -2.30. The minimum absolute atomic E-state index is 1.07. The lowest BCUT2D eigenvalue weighted by atomic mass is 9.93. The van der Waals surface area contributed by atoms with Gasteiger partial charge in [-0.2, -0.15) is 0 Å². The van der Waals surface area contributed by atoms with Gasteiger partial charge in [-0.15, -0.1) is 0 Å². The van der Waals surface area contributed by atoms with Gasteiger partial charge in [0.05, 0.1) is 28.1 Å². The van der Waals surface area contributed by atoms with Crippen molar-refractivity contribution in [2.75, 3.05) is 4.90 Å². The molecule has 0 unspecified atom stereocenters. The lowest BCUT2D eigenvalue weighted by molar-refractivity contribution is 1.18. The molecule has 0 N–H and O–H groups in total. The molecule has 0 radical (unpaired) electrons. The highest BCUT2D eigenvalue weighted by molar-refractivity contribution is 6.21. The molecule has 13 aromatic carbocycles. The van der Waals surface area contributed by atoms with E-state index in [1.165, 1.54) is 92.7 Å². The fraction of sp³-hybridized carbons (Fsp3) is 0. The van der Waals surface area contributed by atoms with Gasteiger partial charge in [0.25, 0.3) is 0 Å². The van der Waals surface area contributed by atoms with Crippen molar-refractivity contribution < 1.29 is 0 Å². The molecule has 0 fully saturated rings. The first-order chi connectivity index (χ1) is 35.7. The van der Waals surface area contributed by atoms with E-state index in [0.717, 1.165) is 39.4 Å². The molecule has 0 saturated carbocycles. The van der Waals surface area contributed by atoms with E-state index in [2.05, 4.69) is 289 Å². The van der Waals surface area contributed by atoms with Gasteiger partial charge in [0.2, 0.25) is 0 Å². The normalized spacial score (nSPS) is 11.6. The van der Waals surface area contributed by atoms with E-state index in [4.69, 9.17) is 0 Å². The zero-order chi connectivity index (χ0) is 47.5. The van der Waals surface area contributed by atoms with E-state index < -0.39 is 0 Å². The van der Waals surface area contributed by atoms with Crippen LogP contribution in [0.4, 0.5) is 17.1 Å². The molecule has 0 atom stereocenters. The average Bonchev–Trinajstić information content (AvgIpc) is 3.80. The van der Waals surface area contributed by atoms with Crippen LogP contribution < -0.4 is 4.90 Å². The van der Waals surface area contributed by atoms with Crippen LogP contribution in [-0.4, -0.2) is 4.57 Å².